The number of rotatable bonds is 14. The first-order valence-electron chi connectivity index (χ1n) is 7.58. The molecule has 1 aromatic carbocycles. The number of hydrogen-bond donors (Lipinski definition) is 1. The summed E-state index contributed by atoms with van der Waals surface area (Å²) in [4.78, 5) is 11.0. The van der Waals surface area contributed by atoms with Gasteiger partial charge >= 0.3 is 6.48 Å². The Morgan fingerprint density at radius 3 is 2.36 bits per heavy atom. The topological polar surface area (TPSA) is 102 Å². The van der Waals surface area contributed by atoms with Crippen molar-refractivity contribution in [1.82, 2.24) is 0 Å². The lowest BCUT2D eigenvalue weighted by molar-refractivity contribution is -0.264. The van der Waals surface area contributed by atoms with Crippen LogP contribution in [-0.4, -0.2) is 58.3 Å². The number of carbonyl (C=O) groups excluding carboxylic acids is 1. The van der Waals surface area contributed by atoms with Crippen molar-refractivity contribution in [2.24, 2.45) is 0 Å². The van der Waals surface area contributed by atoms with Crippen LogP contribution in [0.1, 0.15) is 24.2 Å². The van der Waals surface area contributed by atoms with E-state index in [-0.39, 0.29) is 26.1 Å². The number of methoxy groups -OCH3 is 1. The van der Waals surface area contributed by atoms with Gasteiger partial charge in [0.2, 0.25) is 0 Å². The second-order valence-electron chi connectivity index (χ2n) is 4.64. The van der Waals surface area contributed by atoms with Gasteiger partial charge in [0.15, 0.2) is 19.9 Å². The van der Waals surface area contributed by atoms with E-state index in [1.807, 2.05) is 6.92 Å². The first kappa shape index (κ1) is 21.3. The molecule has 0 spiro atoms. The Morgan fingerprint density at radius 2 is 1.72 bits per heavy atom. The van der Waals surface area contributed by atoms with Gasteiger partial charge in [-0.1, -0.05) is 0 Å². The lowest BCUT2D eigenvalue weighted by Gasteiger charge is -2.18. The minimum atomic E-state index is -1.58. The number of aldehydes is 1. The Morgan fingerprint density at radius 1 is 1.04 bits per heavy atom. The average Bonchev–Trinajstić information content (AvgIpc) is 2.58. The molecular weight excluding hydrogens is 336 g/mol. The quantitative estimate of drug-likeness (QED) is 0.300. The molecule has 0 aliphatic carbocycles. The highest BCUT2D eigenvalue weighted by atomic mass is 16.8. The average molecular weight is 360 g/mol. The molecule has 1 aromatic rings. The Kier molecular flexibility index (Phi) is 10.7. The molecule has 25 heavy (non-hydrogen) atoms. The highest BCUT2D eigenvalue weighted by Gasteiger charge is 2.11. The summed E-state index contributed by atoms with van der Waals surface area (Å²) in [6.45, 7) is 2.34. The van der Waals surface area contributed by atoms with Crippen LogP contribution in [0.5, 0.6) is 11.5 Å². The van der Waals surface area contributed by atoms with Crippen LogP contribution in [0.3, 0.4) is 0 Å². The molecule has 0 aliphatic rings. The Balaban J connectivity index is 2.60. The second-order valence-corrected chi connectivity index (χ2v) is 4.64. The summed E-state index contributed by atoms with van der Waals surface area (Å²) in [5.74, 6) is 0.502. The van der Waals surface area contributed by atoms with Crippen LogP contribution in [0.2, 0.25) is 0 Å². The lowest BCUT2D eigenvalue weighted by atomic mass is 10.2. The van der Waals surface area contributed by atoms with Gasteiger partial charge in [-0.25, -0.2) is 0 Å². The first-order chi connectivity index (χ1) is 12.1. The molecule has 0 radical (unpaired) electrons. The van der Waals surface area contributed by atoms with Crippen molar-refractivity contribution in [2.75, 3.05) is 34.1 Å². The molecule has 0 saturated carbocycles. The van der Waals surface area contributed by atoms with Crippen molar-refractivity contribution in [3.8, 4) is 11.5 Å². The highest BCUT2D eigenvalue weighted by molar-refractivity contribution is 5.76. The molecule has 9 nitrogen and oxygen atoms in total. The molecule has 0 bridgehead atoms. The fraction of sp³-hybridized carbons (Fsp3) is 0.562. The summed E-state index contributed by atoms with van der Waals surface area (Å²) in [5.41, 5.74) is 0.298. The number of ether oxygens (including phenoxy) is 7. The van der Waals surface area contributed by atoms with Gasteiger partial charge in [0.25, 0.3) is 0 Å². The zero-order valence-electron chi connectivity index (χ0n) is 14.5. The summed E-state index contributed by atoms with van der Waals surface area (Å²) >= 11 is 0. The van der Waals surface area contributed by atoms with Crippen molar-refractivity contribution in [2.45, 2.75) is 26.6 Å². The van der Waals surface area contributed by atoms with Gasteiger partial charge in [-0.15, -0.1) is 0 Å². The summed E-state index contributed by atoms with van der Waals surface area (Å²) in [6.07, 6.45) is 0.0188. The highest BCUT2D eigenvalue weighted by Crippen LogP contribution is 2.24. The fourth-order valence-electron chi connectivity index (χ4n) is 1.62. The molecule has 1 N–H and O–H groups in total. The number of aliphatic hydroxyl groups is 1. The van der Waals surface area contributed by atoms with Crippen LogP contribution in [0.4, 0.5) is 0 Å². The lowest BCUT2D eigenvalue weighted by Crippen LogP contribution is -2.22. The molecule has 9 heteroatoms. The summed E-state index contributed by atoms with van der Waals surface area (Å²) in [5, 5.41) is 9.65. The third-order valence-electron chi connectivity index (χ3n) is 2.66. The summed E-state index contributed by atoms with van der Waals surface area (Å²) in [7, 11) is 1.46. The molecule has 0 aromatic heterocycles. The molecule has 0 fully saturated rings. The largest absolute Gasteiger partial charge is 0.465 e. The fourth-order valence-corrected chi connectivity index (χ4v) is 1.62. The molecule has 142 valence electrons. The molecule has 1 rings (SSSR count). The van der Waals surface area contributed by atoms with E-state index in [4.69, 9.17) is 28.4 Å². The van der Waals surface area contributed by atoms with E-state index in [9.17, 15) is 9.90 Å². The van der Waals surface area contributed by atoms with E-state index in [0.29, 0.717) is 24.2 Å². The number of carbonyl (C=O) groups is 1. The van der Waals surface area contributed by atoms with Gasteiger partial charge < -0.3 is 33.5 Å². The predicted molar refractivity (Wildman–Crippen MR) is 85.0 cm³/mol. The van der Waals surface area contributed by atoms with Gasteiger partial charge in [-0.3, -0.25) is 9.53 Å². The van der Waals surface area contributed by atoms with Crippen LogP contribution in [-0.2, 0) is 23.7 Å². The van der Waals surface area contributed by atoms with E-state index >= 15 is 0 Å². The first-order valence-corrected chi connectivity index (χ1v) is 7.58. The van der Waals surface area contributed by atoms with E-state index < -0.39 is 12.8 Å². The Labute approximate surface area is 146 Å². The normalized spacial score (nSPS) is 13.3. The minimum absolute atomic E-state index is 0.0188. The molecule has 2 unspecified atom stereocenters. The smallest absolute Gasteiger partial charge is 0.315 e. The van der Waals surface area contributed by atoms with E-state index in [1.54, 1.807) is 6.92 Å². The van der Waals surface area contributed by atoms with Gasteiger partial charge in [0, 0.05) is 25.3 Å². The third kappa shape index (κ3) is 9.34. The van der Waals surface area contributed by atoms with Crippen molar-refractivity contribution in [3.63, 3.8) is 0 Å². The number of aliphatic hydroxyl groups excluding tert-OH is 1. The number of hydrogen-bond acceptors (Lipinski definition) is 9. The van der Waals surface area contributed by atoms with Crippen LogP contribution < -0.4 is 9.47 Å². The SMILES string of the molecule is CCOCOC(C)Oc1cc(C=O)cc(OC(O)OCOCOC)c1. The zero-order valence-corrected chi connectivity index (χ0v) is 14.5. The van der Waals surface area contributed by atoms with Gasteiger partial charge in [-0.2, -0.15) is 0 Å². The number of benzene rings is 1. The minimum Gasteiger partial charge on any atom is -0.465 e. The maximum absolute atomic E-state index is 11.0. The van der Waals surface area contributed by atoms with Crippen LogP contribution in [0, 0.1) is 0 Å². The van der Waals surface area contributed by atoms with Gasteiger partial charge in [0.1, 0.15) is 24.6 Å². The van der Waals surface area contributed by atoms with E-state index in [0.717, 1.165) is 0 Å². The molecular formula is C16H24O9. The molecule has 0 heterocycles. The Hall–Kier alpha value is -1.75. The van der Waals surface area contributed by atoms with Crippen molar-refractivity contribution in [1.29, 1.82) is 0 Å². The van der Waals surface area contributed by atoms with Crippen molar-refractivity contribution >= 4 is 6.29 Å². The van der Waals surface area contributed by atoms with E-state index in [1.165, 1.54) is 25.3 Å². The molecule has 0 amide bonds. The second kappa shape index (κ2) is 12.6. The molecule has 0 saturated heterocycles. The maximum atomic E-state index is 11.0. The predicted octanol–water partition coefficient (Wildman–Crippen LogP) is 1.48. The standard InChI is InChI=1S/C16H24O9/c1-4-20-10-22-12(2)24-14-5-13(8-17)6-15(7-14)25-16(18)23-11-21-9-19-3/h5-8,12,16,18H,4,9-11H2,1-3H3. The monoisotopic (exact) mass is 360 g/mol. The molecule has 2 atom stereocenters. The van der Waals surface area contributed by atoms with E-state index in [2.05, 4.69) is 4.74 Å². The van der Waals surface area contributed by atoms with Crippen molar-refractivity contribution in [3.05, 3.63) is 23.8 Å². The maximum Gasteiger partial charge on any atom is 0.315 e. The van der Waals surface area contributed by atoms with Crippen LogP contribution in [0.15, 0.2) is 18.2 Å². The van der Waals surface area contributed by atoms with Crippen LogP contribution in [0.25, 0.3) is 0 Å². The Bertz CT molecular complexity index is 494. The van der Waals surface area contributed by atoms with Crippen molar-refractivity contribution < 1.29 is 43.1 Å². The van der Waals surface area contributed by atoms with Gasteiger partial charge in [0.05, 0.1) is 0 Å². The molecule has 0 aliphatic heterocycles. The van der Waals surface area contributed by atoms with Gasteiger partial charge in [-0.05, 0) is 26.0 Å². The summed E-state index contributed by atoms with van der Waals surface area (Å²) in [6, 6.07) is 4.42. The zero-order chi connectivity index (χ0) is 18.5. The van der Waals surface area contributed by atoms with Crippen LogP contribution >= 0.6 is 0 Å². The summed E-state index contributed by atoms with van der Waals surface area (Å²) < 4.78 is 35.4. The third-order valence-corrected chi connectivity index (χ3v) is 2.66.